The van der Waals surface area contributed by atoms with Crippen molar-refractivity contribution in [3.63, 3.8) is 0 Å². The van der Waals surface area contributed by atoms with Crippen molar-refractivity contribution in [2.24, 2.45) is 10.8 Å². The Labute approximate surface area is 170 Å². The molecule has 0 aliphatic heterocycles. The van der Waals surface area contributed by atoms with Gasteiger partial charge in [0.15, 0.2) is 0 Å². The van der Waals surface area contributed by atoms with E-state index in [0.717, 1.165) is 11.8 Å². The molecular weight excluding hydrogens is 384 g/mol. The van der Waals surface area contributed by atoms with Crippen LogP contribution in [-0.4, -0.2) is 59.6 Å². The molecule has 1 unspecified atom stereocenters. The van der Waals surface area contributed by atoms with Crippen LogP contribution in [0.5, 0.6) is 0 Å². The average molecular weight is 417 g/mol. The number of nitrogens with one attached hydrogen (secondary N) is 2. The maximum atomic E-state index is 12.1. The lowest BCUT2D eigenvalue weighted by Crippen LogP contribution is -2.47. The van der Waals surface area contributed by atoms with Gasteiger partial charge in [-0.1, -0.05) is 32.2 Å². The summed E-state index contributed by atoms with van der Waals surface area (Å²) in [5.74, 6) is -0.905. The van der Waals surface area contributed by atoms with Crippen LogP contribution in [0.4, 0.5) is 0 Å². The molecular formula is C19H32N2O6S. The molecule has 0 aliphatic rings. The molecule has 160 valence electrons. The van der Waals surface area contributed by atoms with E-state index in [9.17, 15) is 24.3 Å². The summed E-state index contributed by atoms with van der Waals surface area (Å²) < 4.78 is 5.19. The Morgan fingerprint density at radius 1 is 1.11 bits per heavy atom. The van der Waals surface area contributed by atoms with E-state index >= 15 is 0 Å². The minimum atomic E-state index is -1.40. The van der Waals surface area contributed by atoms with Crippen LogP contribution >= 0.6 is 11.8 Å². The fraction of sp³-hybridized carbons (Fsp3) is 0.684. The molecule has 0 bridgehead atoms. The van der Waals surface area contributed by atoms with E-state index in [0.29, 0.717) is 12.3 Å². The first kappa shape index (κ1) is 26.1. The highest BCUT2D eigenvalue weighted by Crippen LogP contribution is 2.24. The smallest absolute Gasteiger partial charge is 0.311 e. The van der Waals surface area contributed by atoms with Crippen LogP contribution in [0, 0.1) is 10.8 Å². The van der Waals surface area contributed by atoms with Gasteiger partial charge in [-0.15, -0.1) is 0 Å². The number of esters is 1. The quantitative estimate of drug-likeness (QED) is 0.261. The number of carbonyl (C=O) groups is 4. The lowest BCUT2D eigenvalue weighted by Gasteiger charge is -2.30. The van der Waals surface area contributed by atoms with Gasteiger partial charge in [0.25, 0.3) is 0 Å². The Morgan fingerprint density at radius 3 is 2.25 bits per heavy atom. The Bertz CT molecular complexity index is 583. The predicted octanol–water partition coefficient (Wildman–Crippen LogP) is 1.03. The fourth-order valence-corrected chi connectivity index (χ4v) is 2.31. The van der Waals surface area contributed by atoms with Crippen molar-refractivity contribution >= 4 is 34.7 Å². The second kappa shape index (κ2) is 11.9. The van der Waals surface area contributed by atoms with Gasteiger partial charge in [-0.3, -0.25) is 19.2 Å². The standard InChI is InChI=1S/C19H32N2O6S/c1-7-14(23)28-11-10-20-13(22)8-9-21-16(25)15(24)19(5,6)12-27-17(26)18(2,3)4/h7,15,24H,1,8-12H2,2-6H3,(H,20,22)(H,21,25). The summed E-state index contributed by atoms with van der Waals surface area (Å²) in [6.07, 6.45) is -0.152. The molecule has 0 aromatic heterocycles. The largest absolute Gasteiger partial charge is 0.465 e. The number of aliphatic hydroxyl groups is 1. The molecule has 0 radical (unpaired) electrons. The number of hydrogen-bond acceptors (Lipinski definition) is 7. The zero-order chi connectivity index (χ0) is 22.0. The lowest BCUT2D eigenvalue weighted by atomic mass is 9.86. The van der Waals surface area contributed by atoms with Crippen molar-refractivity contribution in [1.82, 2.24) is 10.6 Å². The Hall–Kier alpha value is -1.87. The van der Waals surface area contributed by atoms with Crippen LogP contribution in [0.15, 0.2) is 12.7 Å². The van der Waals surface area contributed by atoms with Crippen molar-refractivity contribution < 1.29 is 29.0 Å². The van der Waals surface area contributed by atoms with E-state index in [4.69, 9.17) is 4.74 Å². The molecule has 0 spiro atoms. The molecule has 0 aromatic carbocycles. The van der Waals surface area contributed by atoms with Crippen LogP contribution < -0.4 is 10.6 Å². The summed E-state index contributed by atoms with van der Waals surface area (Å²) in [4.78, 5) is 46.6. The molecule has 0 saturated heterocycles. The van der Waals surface area contributed by atoms with Gasteiger partial charge in [-0.2, -0.15) is 0 Å². The highest BCUT2D eigenvalue weighted by molar-refractivity contribution is 8.14. The third-order valence-corrected chi connectivity index (χ3v) is 4.52. The number of hydrogen-bond donors (Lipinski definition) is 3. The normalized spacial score (nSPS) is 12.6. The molecule has 8 nitrogen and oxygen atoms in total. The third kappa shape index (κ3) is 10.5. The molecule has 0 fully saturated rings. The summed E-state index contributed by atoms with van der Waals surface area (Å²) in [5, 5.41) is 15.2. The Balaban J connectivity index is 4.22. The van der Waals surface area contributed by atoms with Crippen LogP contribution in [-0.2, 0) is 23.9 Å². The van der Waals surface area contributed by atoms with E-state index < -0.39 is 28.8 Å². The maximum Gasteiger partial charge on any atom is 0.311 e. The van der Waals surface area contributed by atoms with E-state index in [-0.39, 0.29) is 30.6 Å². The van der Waals surface area contributed by atoms with Crippen molar-refractivity contribution in [2.75, 3.05) is 25.4 Å². The highest BCUT2D eigenvalue weighted by atomic mass is 32.2. The lowest BCUT2D eigenvalue weighted by molar-refractivity contribution is -0.161. The molecule has 3 N–H and O–H groups in total. The average Bonchev–Trinajstić information content (AvgIpc) is 2.61. The zero-order valence-electron chi connectivity index (χ0n) is 17.3. The van der Waals surface area contributed by atoms with Gasteiger partial charge in [-0.25, -0.2) is 0 Å². The minimum absolute atomic E-state index is 0.0397. The van der Waals surface area contributed by atoms with Gasteiger partial charge in [-0.05, 0) is 26.8 Å². The molecule has 0 rings (SSSR count). The number of rotatable bonds is 11. The Morgan fingerprint density at radius 2 is 1.71 bits per heavy atom. The van der Waals surface area contributed by atoms with Gasteiger partial charge < -0.3 is 20.5 Å². The number of thioether (sulfide) groups is 1. The predicted molar refractivity (Wildman–Crippen MR) is 109 cm³/mol. The van der Waals surface area contributed by atoms with Crippen molar-refractivity contribution in [1.29, 1.82) is 0 Å². The van der Waals surface area contributed by atoms with Crippen LogP contribution in [0.2, 0.25) is 0 Å². The van der Waals surface area contributed by atoms with Crippen molar-refractivity contribution in [2.45, 2.75) is 47.1 Å². The number of amides is 2. The number of carbonyl (C=O) groups excluding carboxylic acids is 4. The maximum absolute atomic E-state index is 12.1. The molecule has 9 heteroatoms. The van der Waals surface area contributed by atoms with Gasteiger partial charge in [0.2, 0.25) is 16.9 Å². The summed E-state index contributed by atoms with van der Waals surface area (Å²) in [5.41, 5.74) is -1.66. The monoisotopic (exact) mass is 416 g/mol. The van der Waals surface area contributed by atoms with E-state index in [2.05, 4.69) is 17.2 Å². The Kier molecular flexibility index (Phi) is 11.1. The first-order valence-electron chi connectivity index (χ1n) is 9.00. The summed E-state index contributed by atoms with van der Waals surface area (Å²) in [6, 6.07) is 0. The van der Waals surface area contributed by atoms with E-state index in [1.807, 2.05) is 0 Å². The molecule has 0 heterocycles. The van der Waals surface area contributed by atoms with Crippen LogP contribution in [0.25, 0.3) is 0 Å². The first-order valence-corrected chi connectivity index (χ1v) is 9.98. The van der Waals surface area contributed by atoms with Crippen LogP contribution in [0.3, 0.4) is 0 Å². The molecule has 28 heavy (non-hydrogen) atoms. The zero-order valence-corrected chi connectivity index (χ0v) is 18.1. The number of ether oxygens (including phenoxy) is 1. The summed E-state index contributed by atoms with van der Waals surface area (Å²) >= 11 is 1.05. The summed E-state index contributed by atoms with van der Waals surface area (Å²) in [6.45, 7) is 12.0. The van der Waals surface area contributed by atoms with Gasteiger partial charge in [0.1, 0.15) is 6.10 Å². The molecule has 0 aromatic rings. The summed E-state index contributed by atoms with van der Waals surface area (Å²) in [7, 11) is 0. The van der Waals surface area contributed by atoms with Crippen LogP contribution in [0.1, 0.15) is 41.0 Å². The SMILES string of the molecule is C=CC(=O)SCCNC(=O)CCNC(=O)C(O)C(C)(C)COC(=O)C(C)(C)C. The van der Waals surface area contributed by atoms with Gasteiger partial charge in [0, 0.05) is 30.7 Å². The first-order chi connectivity index (χ1) is 12.8. The van der Waals surface area contributed by atoms with E-state index in [1.165, 1.54) is 6.08 Å². The molecule has 2 amide bonds. The molecule has 0 aliphatic carbocycles. The fourth-order valence-electron chi connectivity index (χ4n) is 1.79. The second-order valence-corrected chi connectivity index (χ2v) is 9.08. The molecule has 0 saturated carbocycles. The third-order valence-electron chi connectivity index (χ3n) is 3.66. The minimum Gasteiger partial charge on any atom is -0.465 e. The van der Waals surface area contributed by atoms with Gasteiger partial charge in [0.05, 0.1) is 12.0 Å². The second-order valence-electron chi connectivity index (χ2n) is 7.98. The van der Waals surface area contributed by atoms with Crippen molar-refractivity contribution in [3.05, 3.63) is 12.7 Å². The molecule has 1 atom stereocenters. The van der Waals surface area contributed by atoms with Crippen molar-refractivity contribution in [3.8, 4) is 0 Å². The number of aliphatic hydroxyl groups excluding tert-OH is 1. The topological polar surface area (TPSA) is 122 Å². The van der Waals surface area contributed by atoms with Gasteiger partial charge >= 0.3 is 5.97 Å². The van der Waals surface area contributed by atoms with E-state index in [1.54, 1.807) is 34.6 Å². The highest BCUT2D eigenvalue weighted by Gasteiger charge is 2.36.